The highest BCUT2D eigenvalue weighted by Gasteiger charge is 2.33. The fraction of sp³-hybridized carbons (Fsp3) is 0.900. The molecule has 94 valence electrons. The normalized spacial score (nSPS) is 25.1. The largest absolute Gasteiger partial charge is 0.444 e. The summed E-state index contributed by atoms with van der Waals surface area (Å²) in [5.74, 6) is 0. The highest BCUT2D eigenvalue weighted by Crippen LogP contribution is 2.25. The van der Waals surface area contributed by atoms with Gasteiger partial charge in [0, 0.05) is 6.04 Å². The van der Waals surface area contributed by atoms with E-state index in [1.807, 2.05) is 0 Å². The second-order valence-electron chi connectivity index (χ2n) is 4.83. The van der Waals surface area contributed by atoms with Crippen molar-refractivity contribution < 1.29 is 23.0 Å². The van der Waals surface area contributed by atoms with E-state index in [1.54, 1.807) is 20.8 Å². The van der Waals surface area contributed by atoms with Crippen molar-refractivity contribution >= 4 is 6.09 Å². The van der Waals surface area contributed by atoms with Crippen LogP contribution in [0.5, 0.6) is 0 Å². The molecule has 0 spiro atoms. The van der Waals surface area contributed by atoms with Crippen LogP contribution in [0.3, 0.4) is 0 Å². The van der Waals surface area contributed by atoms with Crippen molar-refractivity contribution in [3.63, 3.8) is 0 Å². The van der Waals surface area contributed by atoms with Gasteiger partial charge in [-0.05, 0) is 33.6 Å². The lowest BCUT2D eigenvalue weighted by atomic mass is 9.89. The lowest BCUT2D eigenvalue weighted by molar-refractivity contribution is -0.185. The topological polar surface area (TPSA) is 47.6 Å². The molecule has 1 amide bonds. The Balaban J connectivity index is 2.15. The van der Waals surface area contributed by atoms with Crippen LogP contribution in [-0.4, -0.2) is 30.5 Å². The lowest BCUT2D eigenvalue weighted by Gasteiger charge is -2.35. The van der Waals surface area contributed by atoms with Crippen LogP contribution in [0.4, 0.5) is 13.6 Å². The molecule has 1 rings (SSSR count). The van der Waals surface area contributed by atoms with Crippen molar-refractivity contribution in [2.24, 2.45) is 0 Å². The zero-order chi connectivity index (χ0) is 12.3. The zero-order valence-corrected chi connectivity index (χ0v) is 9.63. The molecule has 4 nitrogen and oxygen atoms in total. The summed E-state index contributed by atoms with van der Waals surface area (Å²) in [5, 5.41) is 2.59. The summed E-state index contributed by atoms with van der Waals surface area (Å²) < 4.78 is 32.9. The molecule has 1 aliphatic rings. The Bertz CT molecular complexity index is 247. The maximum atomic E-state index is 11.8. The van der Waals surface area contributed by atoms with Crippen molar-refractivity contribution in [1.29, 1.82) is 0 Å². The number of halogens is 2. The van der Waals surface area contributed by atoms with Gasteiger partial charge in [-0.25, -0.2) is 4.79 Å². The molecule has 0 aromatic heterocycles. The first-order valence-electron chi connectivity index (χ1n) is 5.19. The van der Waals surface area contributed by atoms with Crippen LogP contribution in [-0.2, 0) is 9.47 Å². The monoisotopic (exact) mass is 237 g/mol. The molecule has 1 saturated carbocycles. The summed E-state index contributed by atoms with van der Waals surface area (Å²) in [6, 6.07) is -0.126. The Hall–Kier alpha value is -0.910. The van der Waals surface area contributed by atoms with Crippen LogP contribution in [0, 0.1) is 0 Å². The van der Waals surface area contributed by atoms with Gasteiger partial charge in [0.15, 0.2) is 0 Å². The highest BCUT2D eigenvalue weighted by atomic mass is 19.3. The number of hydrogen-bond donors (Lipinski definition) is 1. The molecule has 6 heteroatoms. The maximum Gasteiger partial charge on any atom is 0.407 e. The predicted octanol–water partition coefficient (Wildman–Crippen LogP) is 2.28. The minimum absolute atomic E-state index is 0.126. The van der Waals surface area contributed by atoms with E-state index in [0.717, 1.165) is 0 Å². The van der Waals surface area contributed by atoms with E-state index in [1.165, 1.54) is 0 Å². The minimum atomic E-state index is -2.74. The quantitative estimate of drug-likeness (QED) is 0.819. The Morgan fingerprint density at radius 2 is 1.94 bits per heavy atom. The maximum absolute atomic E-state index is 11.8. The average molecular weight is 237 g/mol. The van der Waals surface area contributed by atoms with E-state index in [0.29, 0.717) is 12.8 Å². The van der Waals surface area contributed by atoms with Gasteiger partial charge in [-0.2, -0.15) is 8.78 Å². The molecular weight excluding hydrogens is 220 g/mol. The molecule has 0 aliphatic heterocycles. The van der Waals surface area contributed by atoms with E-state index < -0.39 is 24.4 Å². The van der Waals surface area contributed by atoms with Crippen LogP contribution in [0.2, 0.25) is 0 Å². The fourth-order valence-corrected chi connectivity index (χ4v) is 1.41. The molecule has 1 N–H and O–H groups in total. The van der Waals surface area contributed by atoms with Crippen LogP contribution < -0.4 is 5.32 Å². The average Bonchev–Trinajstić information content (AvgIpc) is 1.95. The van der Waals surface area contributed by atoms with Crippen molar-refractivity contribution in [2.75, 3.05) is 0 Å². The molecule has 0 aromatic rings. The fourth-order valence-electron chi connectivity index (χ4n) is 1.41. The van der Waals surface area contributed by atoms with E-state index >= 15 is 0 Å². The highest BCUT2D eigenvalue weighted by molar-refractivity contribution is 5.68. The molecular formula is C10H17F2NO3. The first kappa shape index (κ1) is 13.2. The Morgan fingerprint density at radius 3 is 2.38 bits per heavy atom. The summed E-state index contributed by atoms with van der Waals surface area (Å²) in [6.07, 6.45) is -0.166. The molecule has 1 fully saturated rings. The van der Waals surface area contributed by atoms with Gasteiger partial charge in [0.25, 0.3) is 0 Å². The van der Waals surface area contributed by atoms with Crippen molar-refractivity contribution in [2.45, 2.75) is 58.0 Å². The Labute approximate surface area is 93.3 Å². The van der Waals surface area contributed by atoms with Crippen LogP contribution in [0.25, 0.3) is 0 Å². The summed E-state index contributed by atoms with van der Waals surface area (Å²) in [4.78, 5) is 11.3. The minimum Gasteiger partial charge on any atom is -0.444 e. The molecule has 0 heterocycles. The molecule has 0 radical (unpaired) electrons. The van der Waals surface area contributed by atoms with Gasteiger partial charge >= 0.3 is 12.7 Å². The molecule has 0 saturated heterocycles. The standard InChI is InChI=1S/C10H17F2NO3/c1-10(2,3)16-9(14)13-6-4-7(5-6)15-8(11)12/h6-8H,4-5H2,1-3H3,(H,13,14)/t6-,7+. The number of ether oxygens (including phenoxy) is 2. The molecule has 0 bridgehead atoms. The number of amides is 1. The van der Waals surface area contributed by atoms with Crippen molar-refractivity contribution in [3.05, 3.63) is 0 Å². The summed E-state index contributed by atoms with van der Waals surface area (Å²) in [7, 11) is 0. The molecule has 0 aromatic carbocycles. The molecule has 1 aliphatic carbocycles. The van der Waals surface area contributed by atoms with Gasteiger partial charge in [-0.1, -0.05) is 0 Å². The van der Waals surface area contributed by atoms with Gasteiger partial charge in [-0.3, -0.25) is 0 Å². The van der Waals surface area contributed by atoms with Gasteiger partial charge < -0.3 is 14.8 Å². The number of alkyl halides is 2. The third-order valence-electron chi connectivity index (χ3n) is 2.11. The summed E-state index contributed by atoms with van der Waals surface area (Å²) in [6.45, 7) is 2.54. The van der Waals surface area contributed by atoms with Crippen molar-refractivity contribution in [3.8, 4) is 0 Å². The number of alkyl carbamates (subject to hydrolysis) is 1. The number of carbonyl (C=O) groups is 1. The van der Waals surface area contributed by atoms with Crippen LogP contribution >= 0.6 is 0 Å². The zero-order valence-electron chi connectivity index (χ0n) is 9.63. The second-order valence-corrected chi connectivity index (χ2v) is 4.83. The number of nitrogens with one attached hydrogen (secondary N) is 1. The second kappa shape index (κ2) is 4.95. The SMILES string of the molecule is CC(C)(C)OC(=O)N[C@H]1C[C@@H](OC(F)F)C1. The van der Waals surface area contributed by atoms with E-state index in [4.69, 9.17) is 4.74 Å². The third kappa shape index (κ3) is 4.74. The van der Waals surface area contributed by atoms with Crippen molar-refractivity contribution in [1.82, 2.24) is 5.32 Å². The third-order valence-corrected chi connectivity index (χ3v) is 2.11. The Morgan fingerprint density at radius 1 is 1.38 bits per heavy atom. The van der Waals surface area contributed by atoms with E-state index in [9.17, 15) is 13.6 Å². The number of carbonyl (C=O) groups excluding carboxylic acids is 1. The van der Waals surface area contributed by atoms with E-state index in [2.05, 4.69) is 10.1 Å². The van der Waals surface area contributed by atoms with Gasteiger partial charge in [-0.15, -0.1) is 0 Å². The Kier molecular flexibility index (Phi) is 4.07. The molecule has 0 unspecified atom stereocenters. The number of rotatable bonds is 3. The smallest absolute Gasteiger partial charge is 0.407 e. The first-order valence-corrected chi connectivity index (χ1v) is 5.19. The molecule has 16 heavy (non-hydrogen) atoms. The number of hydrogen-bond acceptors (Lipinski definition) is 3. The molecule has 0 atom stereocenters. The summed E-state index contributed by atoms with van der Waals surface area (Å²) in [5.41, 5.74) is -0.549. The lowest BCUT2D eigenvalue weighted by Crippen LogP contribution is -2.49. The van der Waals surface area contributed by atoms with Gasteiger partial charge in [0.1, 0.15) is 5.60 Å². The van der Waals surface area contributed by atoms with Gasteiger partial charge in [0.05, 0.1) is 6.10 Å². The predicted molar refractivity (Wildman–Crippen MR) is 53.3 cm³/mol. The van der Waals surface area contributed by atoms with Crippen LogP contribution in [0.1, 0.15) is 33.6 Å². The summed E-state index contributed by atoms with van der Waals surface area (Å²) >= 11 is 0. The van der Waals surface area contributed by atoms with Crippen LogP contribution in [0.15, 0.2) is 0 Å². The first-order chi connectivity index (χ1) is 7.26. The van der Waals surface area contributed by atoms with E-state index in [-0.39, 0.29) is 6.04 Å². The van der Waals surface area contributed by atoms with Gasteiger partial charge in [0.2, 0.25) is 0 Å².